The van der Waals surface area contributed by atoms with Crippen molar-refractivity contribution in [3.8, 4) is 11.4 Å². The molecule has 5 nitrogen and oxygen atoms in total. The SMILES string of the molecule is COCC(C)Nc1nccn1-c1cc(OC)ccc1Cl. The smallest absolute Gasteiger partial charge is 0.207 e. The van der Waals surface area contributed by atoms with Crippen molar-refractivity contribution in [2.24, 2.45) is 0 Å². The molecule has 0 aliphatic carbocycles. The summed E-state index contributed by atoms with van der Waals surface area (Å²) in [5.41, 5.74) is 0.815. The molecule has 2 rings (SSSR count). The lowest BCUT2D eigenvalue weighted by molar-refractivity contribution is 0.190. The van der Waals surface area contributed by atoms with E-state index in [2.05, 4.69) is 10.3 Å². The van der Waals surface area contributed by atoms with Crippen LogP contribution in [0.2, 0.25) is 5.02 Å². The van der Waals surface area contributed by atoms with Gasteiger partial charge in [0.1, 0.15) is 5.75 Å². The first-order valence-corrected chi connectivity index (χ1v) is 6.66. The number of halogens is 1. The van der Waals surface area contributed by atoms with Gasteiger partial charge in [-0.25, -0.2) is 4.98 Å². The number of hydrogen-bond donors (Lipinski definition) is 1. The van der Waals surface area contributed by atoms with Crippen molar-refractivity contribution in [1.29, 1.82) is 0 Å². The summed E-state index contributed by atoms with van der Waals surface area (Å²) < 4.78 is 12.2. The Morgan fingerprint density at radius 1 is 1.40 bits per heavy atom. The predicted molar refractivity (Wildman–Crippen MR) is 80.1 cm³/mol. The van der Waals surface area contributed by atoms with Crippen molar-refractivity contribution in [2.45, 2.75) is 13.0 Å². The maximum absolute atomic E-state index is 6.26. The molecule has 0 aliphatic rings. The van der Waals surface area contributed by atoms with Gasteiger partial charge in [-0.2, -0.15) is 0 Å². The third-order valence-electron chi connectivity index (χ3n) is 2.85. The highest BCUT2D eigenvalue weighted by atomic mass is 35.5. The van der Waals surface area contributed by atoms with Gasteiger partial charge in [0.25, 0.3) is 0 Å². The lowest BCUT2D eigenvalue weighted by Gasteiger charge is -2.16. The summed E-state index contributed by atoms with van der Waals surface area (Å²) in [6.45, 7) is 2.62. The molecule has 2 aromatic rings. The normalized spacial score (nSPS) is 12.2. The van der Waals surface area contributed by atoms with Crippen LogP contribution >= 0.6 is 11.6 Å². The molecule has 1 unspecified atom stereocenters. The lowest BCUT2D eigenvalue weighted by Crippen LogP contribution is -2.22. The van der Waals surface area contributed by atoms with Crippen molar-refractivity contribution in [2.75, 3.05) is 26.1 Å². The van der Waals surface area contributed by atoms with E-state index >= 15 is 0 Å². The number of imidazole rings is 1. The topological polar surface area (TPSA) is 48.3 Å². The van der Waals surface area contributed by atoms with Gasteiger partial charge in [-0.1, -0.05) is 11.6 Å². The fraction of sp³-hybridized carbons (Fsp3) is 0.357. The highest BCUT2D eigenvalue weighted by molar-refractivity contribution is 6.32. The number of anilines is 1. The van der Waals surface area contributed by atoms with Crippen LogP contribution in [0.4, 0.5) is 5.95 Å². The second kappa shape index (κ2) is 6.63. The molecule has 0 saturated heterocycles. The van der Waals surface area contributed by atoms with Gasteiger partial charge in [0.05, 0.1) is 24.4 Å². The summed E-state index contributed by atoms with van der Waals surface area (Å²) >= 11 is 6.26. The molecule has 0 bridgehead atoms. The number of nitrogens with zero attached hydrogens (tertiary/aromatic N) is 2. The number of aromatic nitrogens is 2. The van der Waals surface area contributed by atoms with Gasteiger partial charge in [-0.3, -0.25) is 4.57 Å². The first kappa shape index (κ1) is 14.7. The largest absolute Gasteiger partial charge is 0.497 e. The first-order chi connectivity index (χ1) is 9.65. The van der Waals surface area contributed by atoms with Crippen molar-refractivity contribution < 1.29 is 9.47 Å². The molecule has 1 atom stereocenters. The second-order valence-electron chi connectivity index (χ2n) is 4.44. The van der Waals surface area contributed by atoms with Gasteiger partial charge in [-0.15, -0.1) is 0 Å². The van der Waals surface area contributed by atoms with Crippen molar-refractivity contribution in [1.82, 2.24) is 9.55 Å². The van der Waals surface area contributed by atoms with Gasteiger partial charge < -0.3 is 14.8 Å². The zero-order chi connectivity index (χ0) is 14.5. The van der Waals surface area contributed by atoms with Crippen LogP contribution in [0.3, 0.4) is 0 Å². The summed E-state index contributed by atoms with van der Waals surface area (Å²) in [6, 6.07) is 5.64. The summed E-state index contributed by atoms with van der Waals surface area (Å²) in [7, 11) is 3.30. The fourth-order valence-corrected chi connectivity index (χ4v) is 2.13. The minimum Gasteiger partial charge on any atom is -0.497 e. The van der Waals surface area contributed by atoms with Crippen molar-refractivity contribution in [3.05, 3.63) is 35.6 Å². The maximum atomic E-state index is 6.26. The Balaban J connectivity index is 2.32. The van der Waals surface area contributed by atoms with Gasteiger partial charge in [0.15, 0.2) is 0 Å². The molecule has 0 aliphatic heterocycles. The zero-order valence-electron chi connectivity index (χ0n) is 11.8. The van der Waals surface area contributed by atoms with E-state index in [1.807, 2.05) is 29.8 Å². The zero-order valence-corrected chi connectivity index (χ0v) is 12.5. The van der Waals surface area contributed by atoms with Crippen LogP contribution in [0.1, 0.15) is 6.92 Å². The quantitative estimate of drug-likeness (QED) is 0.890. The third kappa shape index (κ3) is 3.23. The van der Waals surface area contributed by atoms with E-state index in [4.69, 9.17) is 21.1 Å². The van der Waals surface area contributed by atoms with E-state index in [9.17, 15) is 0 Å². The van der Waals surface area contributed by atoms with Crippen LogP contribution < -0.4 is 10.1 Å². The van der Waals surface area contributed by atoms with E-state index < -0.39 is 0 Å². The third-order valence-corrected chi connectivity index (χ3v) is 3.17. The van der Waals surface area contributed by atoms with Crippen molar-refractivity contribution in [3.63, 3.8) is 0 Å². The minimum absolute atomic E-state index is 0.144. The number of nitrogens with one attached hydrogen (secondary N) is 1. The molecule has 0 saturated carbocycles. The molecular formula is C14H18ClN3O2. The highest BCUT2D eigenvalue weighted by Gasteiger charge is 2.11. The summed E-state index contributed by atoms with van der Waals surface area (Å²) in [6.07, 6.45) is 3.57. The van der Waals surface area contributed by atoms with Crippen LogP contribution in [0.25, 0.3) is 5.69 Å². The molecular weight excluding hydrogens is 278 g/mol. The maximum Gasteiger partial charge on any atom is 0.207 e. The van der Waals surface area contributed by atoms with Crippen LogP contribution in [-0.2, 0) is 4.74 Å². The molecule has 1 N–H and O–H groups in total. The molecule has 0 amide bonds. The Morgan fingerprint density at radius 2 is 2.20 bits per heavy atom. The van der Waals surface area contributed by atoms with Crippen LogP contribution in [0.15, 0.2) is 30.6 Å². The molecule has 20 heavy (non-hydrogen) atoms. The summed E-state index contributed by atoms with van der Waals surface area (Å²) in [4.78, 5) is 4.31. The van der Waals surface area contributed by atoms with Gasteiger partial charge in [0, 0.05) is 31.6 Å². The van der Waals surface area contributed by atoms with E-state index in [-0.39, 0.29) is 6.04 Å². The van der Waals surface area contributed by atoms with Crippen molar-refractivity contribution >= 4 is 17.5 Å². The Morgan fingerprint density at radius 3 is 2.90 bits per heavy atom. The second-order valence-corrected chi connectivity index (χ2v) is 4.85. The minimum atomic E-state index is 0.144. The monoisotopic (exact) mass is 295 g/mol. The molecule has 1 aromatic carbocycles. The Labute approximate surface area is 123 Å². The van der Waals surface area contributed by atoms with E-state index in [0.717, 1.165) is 11.4 Å². The number of methoxy groups -OCH3 is 2. The number of hydrogen-bond acceptors (Lipinski definition) is 4. The molecule has 0 spiro atoms. The molecule has 0 radical (unpaired) electrons. The highest BCUT2D eigenvalue weighted by Crippen LogP contribution is 2.27. The molecule has 6 heteroatoms. The van der Waals surface area contributed by atoms with Gasteiger partial charge >= 0.3 is 0 Å². The standard InChI is InChI=1S/C14H18ClN3O2/c1-10(9-19-2)17-14-16-6-7-18(14)13-8-11(20-3)4-5-12(13)15/h4-8,10H,9H2,1-3H3,(H,16,17). The van der Waals surface area contributed by atoms with E-state index in [1.165, 1.54) is 0 Å². The lowest BCUT2D eigenvalue weighted by atomic mass is 10.3. The van der Waals surface area contributed by atoms with E-state index in [0.29, 0.717) is 17.6 Å². The van der Waals surface area contributed by atoms with Crippen LogP contribution in [-0.4, -0.2) is 36.4 Å². The van der Waals surface area contributed by atoms with E-state index in [1.54, 1.807) is 26.5 Å². The predicted octanol–water partition coefficient (Wildman–Crippen LogP) is 2.98. The van der Waals surface area contributed by atoms with Gasteiger partial charge in [-0.05, 0) is 19.1 Å². The number of rotatable bonds is 6. The average Bonchev–Trinajstić information content (AvgIpc) is 2.87. The number of ether oxygens (including phenoxy) is 2. The summed E-state index contributed by atoms with van der Waals surface area (Å²) in [5, 5.41) is 3.91. The molecule has 1 aromatic heterocycles. The van der Waals surface area contributed by atoms with Gasteiger partial charge in [0.2, 0.25) is 5.95 Å². The van der Waals surface area contributed by atoms with Crippen LogP contribution in [0, 0.1) is 0 Å². The van der Waals surface area contributed by atoms with Crippen LogP contribution in [0.5, 0.6) is 5.75 Å². The average molecular weight is 296 g/mol. The first-order valence-electron chi connectivity index (χ1n) is 6.28. The number of benzene rings is 1. The molecule has 1 heterocycles. The Hall–Kier alpha value is -1.72. The summed E-state index contributed by atoms with van der Waals surface area (Å²) in [5.74, 6) is 1.46. The molecule has 108 valence electrons. The fourth-order valence-electron chi connectivity index (χ4n) is 1.92. The molecule has 0 fully saturated rings. The Kier molecular flexibility index (Phi) is 4.87. The Bertz CT molecular complexity index is 571.